The smallest absolute Gasteiger partial charge is 0.430 e. The van der Waals surface area contributed by atoms with Gasteiger partial charge in [0, 0.05) is 0 Å². The first-order chi connectivity index (χ1) is 9.96. The number of hydrogen-bond acceptors (Lipinski definition) is 3. The fourth-order valence-electron chi connectivity index (χ4n) is 1.79. The molecular weight excluding hydrogens is 278 g/mol. The molecule has 2 aromatic carbocycles. The van der Waals surface area contributed by atoms with Crippen LogP contribution in [0.15, 0.2) is 49.0 Å². The molecule has 0 saturated carbocycles. The molecule has 0 bridgehead atoms. The number of phenolic OH excluding ortho intramolecular Hbond substituents is 1. The van der Waals surface area contributed by atoms with Crippen LogP contribution in [0.4, 0.5) is 8.78 Å². The normalized spacial score (nSPS) is 11.0. The number of alkyl halides is 2. The number of aromatic hydroxyl groups is 1. The highest BCUT2D eigenvalue weighted by molar-refractivity contribution is 5.53. The van der Waals surface area contributed by atoms with Gasteiger partial charge in [0.15, 0.2) is 0 Å². The molecule has 0 fully saturated rings. The van der Waals surface area contributed by atoms with Crippen LogP contribution in [0.25, 0.3) is 6.08 Å². The van der Waals surface area contributed by atoms with E-state index < -0.39 is 6.11 Å². The predicted octanol–water partition coefficient (Wildman–Crippen LogP) is 4.17. The molecular formula is C16H14F2O3. The van der Waals surface area contributed by atoms with E-state index in [4.69, 9.17) is 14.6 Å². The average molecular weight is 292 g/mol. The van der Waals surface area contributed by atoms with Gasteiger partial charge < -0.3 is 14.6 Å². The lowest BCUT2D eigenvalue weighted by Gasteiger charge is -2.20. The molecule has 0 amide bonds. The van der Waals surface area contributed by atoms with Gasteiger partial charge in [0.1, 0.15) is 22.8 Å². The van der Waals surface area contributed by atoms with Gasteiger partial charge in [0.2, 0.25) is 0 Å². The van der Waals surface area contributed by atoms with Gasteiger partial charge in [-0.2, -0.15) is 8.78 Å². The Kier molecular flexibility index (Phi) is 4.12. The molecule has 0 radical (unpaired) electrons. The van der Waals surface area contributed by atoms with E-state index >= 15 is 0 Å². The first kappa shape index (κ1) is 14.8. The summed E-state index contributed by atoms with van der Waals surface area (Å²) in [6.07, 6.45) is -2.03. The van der Waals surface area contributed by atoms with Crippen molar-refractivity contribution in [3.05, 3.63) is 60.2 Å². The molecule has 0 heterocycles. The van der Waals surface area contributed by atoms with Gasteiger partial charge in [0.05, 0.1) is 7.11 Å². The molecule has 1 N–H and O–H groups in total. The van der Waals surface area contributed by atoms with Gasteiger partial charge in [-0.25, -0.2) is 0 Å². The minimum absolute atomic E-state index is 0.0104. The Morgan fingerprint density at radius 1 is 1.14 bits per heavy atom. The number of halogens is 2. The summed E-state index contributed by atoms with van der Waals surface area (Å²) in [5, 5.41) is 9.14. The summed E-state index contributed by atoms with van der Waals surface area (Å²) in [5.74, 6) is -0.0811. The molecule has 2 rings (SSSR count). The van der Waals surface area contributed by atoms with E-state index in [-0.39, 0.29) is 22.8 Å². The average Bonchev–Trinajstić information content (AvgIpc) is 2.48. The lowest BCUT2D eigenvalue weighted by atomic mass is 10.1. The second-order valence-electron chi connectivity index (χ2n) is 4.28. The summed E-state index contributed by atoms with van der Waals surface area (Å²) in [7, 11) is 1.31. The maximum absolute atomic E-state index is 14.2. The van der Waals surface area contributed by atoms with Crippen LogP contribution >= 0.6 is 0 Å². The van der Waals surface area contributed by atoms with E-state index in [9.17, 15) is 8.78 Å². The molecule has 110 valence electrons. The molecule has 0 atom stereocenters. The summed E-state index contributed by atoms with van der Waals surface area (Å²) in [4.78, 5) is 0. The van der Waals surface area contributed by atoms with Gasteiger partial charge >= 0.3 is 6.11 Å². The van der Waals surface area contributed by atoms with Crippen LogP contribution < -0.4 is 9.47 Å². The Morgan fingerprint density at radius 3 is 2.38 bits per heavy atom. The third kappa shape index (κ3) is 3.31. The molecule has 2 aromatic rings. The highest BCUT2D eigenvalue weighted by Crippen LogP contribution is 2.37. The lowest BCUT2D eigenvalue weighted by molar-refractivity contribution is -0.186. The number of ether oxygens (including phenoxy) is 2. The molecule has 0 saturated heterocycles. The Labute approximate surface area is 121 Å². The van der Waals surface area contributed by atoms with Gasteiger partial charge in [0.25, 0.3) is 0 Å². The van der Waals surface area contributed by atoms with Gasteiger partial charge in [-0.15, -0.1) is 0 Å². The van der Waals surface area contributed by atoms with Crippen molar-refractivity contribution in [3.63, 3.8) is 0 Å². The van der Waals surface area contributed by atoms with Crippen LogP contribution in [0, 0.1) is 0 Å². The number of phenols is 1. The van der Waals surface area contributed by atoms with E-state index in [2.05, 4.69) is 6.58 Å². The van der Waals surface area contributed by atoms with E-state index in [0.717, 1.165) is 0 Å². The fraction of sp³-hybridized carbons (Fsp3) is 0.125. The van der Waals surface area contributed by atoms with Crippen molar-refractivity contribution in [3.8, 4) is 17.2 Å². The Bertz CT molecular complexity index is 636. The highest BCUT2D eigenvalue weighted by Gasteiger charge is 2.37. The van der Waals surface area contributed by atoms with Gasteiger partial charge in [-0.3, -0.25) is 0 Å². The van der Waals surface area contributed by atoms with Crippen molar-refractivity contribution in [2.24, 2.45) is 0 Å². The van der Waals surface area contributed by atoms with Crippen molar-refractivity contribution in [2.45, 2.75) is 6.11 Å². The third-order valence-electron chi connectivity index (χ3n) is 2.86. The second kappa shape index (κ2) is 5.83. The van der Waals surface area contributed by atoms with Crippen LogP contribution in [-0.2, 0) is 6.11 Å². The van der Waals surface area contributed by atoms with Crippen molar-refractivity contribution in [2.75, 3.05) is 7.11 Å². The maximum atomic E-state index is 14.2. The van der Waals surface area contributed by atoms with Crippen molar-refractivity contribution in [1.29, 1.82) is 0 Å². The van der Waals surface area contributed by atoms with Crippen LogP contribution in [0.1, 0.15) is 11.1 Å². The lowest BCUT2D eigenvalue weighted by Crippen LogP contribution is -2.22. The number of benzene rings is 2. The number of rotatable bonds is 5. The predicted molar refractivity (Wildman–Crippen MR) is 75.7 cm³/mol. The Hall–Kier alpha value is -2.56. The molecule has 3 nitrogen and oxygen atoms in total. The maximum Gasteiger partial charge on any atom is 0.430 e. The van der Waals surface area contributed by atoms with E-state index in [1.54, 1.807) is 0 Å². The zero-order valence-electron chi connectivity index (χ0n) is 11.3. The minimum Gasteiger partial charge on any atom is -0.508 e. The zero-order valence-corrected chi connectivity index (χ0v) is 11.3. The van der Waals surface area contributed by atoms with Crippen LogP contribution in [0.3, 0.4) is 0 Å². The SMILES string of the molecule is C=Cc1ccc(C(F)(F)Oc2ccc(O)cc2)c(OC)c1. The quantitative estimate of drug-likeness (QED) is 0.898. The Morgan fingerprint density at radius 2 is 1.81 bits per heavy atom. The number of hydrogen-bond donors (Lipinski definition) is 1. The van der Waals surface area contributed by atoms with Gasteiger partial charge in [-0.05, 0) is 42.0 Å². The number of methoxy groups -OCH3 is 1. The second-order valence-corrected chi connectivity index (χ2v) is 4.28. The molecule has 0 spiro atoms. The third-order valence-corrected chi connectivity index (χ3v) is 2.86. The van der Waals surface area contributed by atoms with Crippen LogP contribution in [-0.4, -0.2) is 12.2 Å². The highest BCUT2D eigenvalue weighted by atomic mass is 19.3. The molecule has 0 unspecified atom stereocenters. The van der Waals surface area contributed by atoms with Crippen molar-refractivity contribution >= 4 is 6.08 Å². The largest absolute Gasteiger partial charge is 0.508 e. The molecule has 0 aromatic heterocycles. The van der Waals surface area contributed by atoms with Crippen molar-refractivity contribution < 1.29 is 23.4 Å². The molecule has 0 aliphatic rings. The van der Waals surface area contributed by atoms with Crippen molar-refractivity contribution in [1.82, 2.24) is 0 Å². The standard InChI is InChI=1S/C16H14F2O3/c1-3-11-4-9-14(15(10-11)20-2)16(17,18)21-13-7-5-12(19)6-8-13/h3-10,19H,1H2,2H3. The first-order valence-corrected chi connectivity index (χ1v) is 6.13. The van der Waals surface area contributed by atoms with Crippen LogP contribution in [0.2, 0.25) is 0 Å². The Balaban J connectivity index is 2.34. The topological polar surface area (TPSA) is 38.7 Å². The molecule has 5 heteroatoms. The summed E-state index contributed by atoms with van der Waals surface area (Å²) < 4.78 is 38.2. The summed E-state index contributed by atoms with van der Waals surface area (Å²) >= 11 is 0. The minimum atomic E-state index is -3.57. The van der Waals surface area contributed by atoms with E-state index in [1.807, 2.05) is 0 Å². The molecule has 0 aliphatic carbocycles. The monoisotopic (exact) mass is 292 g/mol. The molecule has 21 heavy (non-hydrogen) atoms. The van der Waals surface area contributed by atoms with Crippen LogP contribution in [0.5, 0.6) is 17.2 Å². The van der Waals surface area contributed by atoms with E-state index in [1.165, 1.54) is 55.7 Å². The zero-order chi connectivity index (χ0) is 15.5. The summed E-state index contributed by atoms with van der Waals surface area (Å²) in [6.45, 7) is 3.58. The summed E-state index contributed by atoms with van der Waals surface area (Å²) in [5.41, 5.74) is 0.278. The first-order valence-electron chi connectivity index (χ1n) is 6.13. The fourth-order valence-corrected chi connectivity index (χ4v) is 1.79. The molecule has 0 aliphatic heterocycles. The van der Waals surface area contributed by atoms with E-state index in [0.29, 0.717) is 5.56 Å². The van der Waals surface area contributed by atoms with Gasteiger partial charge in [-0.1, -0.05) is 18.7 Å². The summed E-state index contributed by atoms with van der Waals surface area (Å²) in [6, 6.07) is 9.24.